The number of rotatable bonds is 14. The summed E-state index contributed by atoms with van der Waals surface area (Å²) in [5.74, 6) is 0.144. The Balaban J connectivity index is 1.91. The third-order valence-electron chi connectivity index (χ3n) is 5.86. The predicted molar refractivity (Wildman–Crippen MR) is 157 cm³/mol. The number of esters is 1. The van der Waals surface area contributed by atoms with Crippen molar-refractivity contribution in [2.24, 2.45) is 10.9 Å². The van der Waals surface area contributed by atoms with Crippen LogP contribution in [0.2, 0.25) is 0 Å². The van der Waals surface area contributed by atoms with Crippen LogP contribution >= 0.6 is 0 Å². The van der Waals surface area contributed by atoms with Crippen molar-refractivity contribution in [3.63, 3.8) is 0 Å². The van der Waals surface area contributed by atoms with Crippen LogP contribution in [0.15, 0.2) is 59.8 Å². The Bertz CT molecular complexity index is 1410. The van der Waals surface area contributed by atoms with Gasteiger partial charge < -0.3 is 45.6 Å². The smallest absolute Gasteiger partial charge is 0.344 e. The molecule has 12 nitrogen and oxygen atoms in total. The van der Waals surface area contributed by atoms with Crippen molar-refractivity contribution < 1.29 is 38.9 Å². The molecule has 0 radical (unpaired) electrons. The molecule has 12 heteroatoms. The first-order valence-electron chi connectivity index (χ1n) is 13.2. The lowest BCUT2D eigenvalue weighted by Crippen LogP contribution is -2.18. The summed E-state index contributed by atoms with van der Waals surface area (Å²) in [5, 5.41) is 27.8. The zero-order chi connectivity index (χ0) is 30.6. The zero-order valence-electron chi connectivity index (χ0n) is 24.0. The van der Waals surface area contributed by atoms with E-state index in [-0.39, 0.29) is 38.3 Å². The molecule has 3 aromatic carbocycles. The molecular weight excluding hydrogens is 544 g/mol. The summed E-state index contributed by atoms with van der Waals surface area (Å²) in [6.45, 7) is 5.20. The number of amides is 1. The molecule has 0 aliphatic rings. The number of methoxy groups -OCH3 is 1. The van der Waals surface area contributed by atoms with Gasteiger partial charge in [0.05, 0.1) is 32.0 Å². The lowest BCUT2D eigenvalue weighted by atomic mass is 10.1. The van der Waals surface area contributed by atoms with Crippen molar-refractivity contribution >= 4 is 29.1 Å². The molecule has 1 amide bonds. The Morgan fingerprint density at radius 1 is 1.07 bits per heavy atom. The number of carbonyl (C=O) groups excluding carboxylic acids is 2. The van der Waals surface area contributed by atoms with Crippen LogP contribution < -0.4 is 30.6 Å². The Morgan fingerprint density at radius 3 is 2.43 bits per heavy atom. The van der Waals surface area contributed by atoms with E-state index in [0.29, 0.717) is 50.9 Å². The Kier molecular flexibility index (Phi) is 11.4. The van der Waals surface area contributed by atoms with Crippen molar-refractivity contribution in [3.8, 4) is 17.2 Å². The second kappa shape index (κ2) is 15.1. The third kappa shape index (κ3) is 8.51. The predicted octanol–water partition coefficient (Wildman–Crippen LogP) is 3.88. The molecule has 0 saturated carbocycles. The zero-order valence-corrected chi connectivity index (χ0v) is 24.0. The van der Waals surface area contributed by atoms with Gasteiger partial charge in [0.2, 0.25) is 0 Å². The highest BCUT2D eigenvalue weighted by Gasteiger charge is 2.19. The first kappa shape index (κ1) is 31.6. The lowest BCUT2D eigenvalue weighted by Gasteiger charge is -2.20. The molecule has 0 fully saturated rings. The first-order chi connectivity index (χ1) is 20.2. The highest BCUT2D eigenvalue weighted by molar-refractivity contribution is 6.08. The number of ether oxygens (including phenoxy) is 4. The summed E-state index contributed by atoms with van der Waals surface area (Å²) in [7, 11) is 1.50. The van der Waals surface area contributed by atoms with Gasteiger partial charge in [0.15, 0.2) is 23.9 Å². The molecule has 0 bridgehead atoms. The van der Waals surface area contributed by atoms with E-state index in [2.05, 4.69) is 15.8 Å². The largest absolute Gasteiger partial charge is 0.497 e. The van der Waals surface area contributed by atoms with Crippen molar-refractivity contribution in [2.45, 2.75) is 40.0 Å². The van der Waals surface area contributed by atoms with Crippen LogP contribution in [-0.2, 0) is 22.7 Å². The molecule has 0 aromatic heterocycles. The molecule has 0 aliphatic carbocycles. The summed E-state index contributed by atoms with van der Waals surface area (Å²) in [6.07, 6.45) is -0.206. The minimum absolute atomic E-state index is 0.0509. The number of nitrogens with two attached hydrogens (primary N) is 1. The Labute approximate surface area is 244 Å². The van der Waals surface area contributed by atoms with Gasteiger partial charge in [-0.1, -0.05) is 5.16 Å². The monoisotopic (exact) mass is 580 g/mol. The number of carbonyl (C=O) groups is 2. The summed E-state index contributed by atoms with van der Waals surface area (Å²) in [6, 6.07) is 14.9. The summed E-state index contributed by atoms with van der Waals surface area (Å²) >= 11 is 0. The molecule has 0 unspecified atom stereocenters. The van der Waals surface area contributed by atoms with E-state index in [9.17, 15) is 14.7 Å². The molecule has 6 N–H and O–H groups in total. The molecule has 3 aromatic rings. The van der Waals surface area contributed by atoms with Gasteiger partial charge in [-0.25, -0.2) is 4.79 Å². The van der Waals surface area contributed by atoms with E-state index in [4.69, 9.17) is 29.9 Å². The molecule has 0 atom stereocenters. The topological polar surface area (TPSA) is 174 Å². The van der Waals surface area contributed by atoms with Gasteiger partial charge >= 0.3 is 5.97 Å². The average molecular weight is 581 g/mol. The molecule has 42 heavy (non-hydrogen) atoms. The number of nitrogens with zero attached hydrogens (tertiary/aromatic N) is 1. The number of benzene rings is 3. The van der Waals surface area contributed by atoms with E-state index in [0.717, 1.165) is 0 Å². The first-order valence-corrected chi connectivity index (χ1v) is 13.2. The van der Waals surface area contributed by atoms with Gasteiger partial charge in [0.1, 0.15) is 5.75 Å². The SMILES string of the molecule is CCOC(=O)COc1c(CNc2ccc(OC)cc2C(=O)Nc2ccc(/C(N)=N/O)cc2)cc(CO)cc1OC(C)C. The minimum Gasteiger partial charge on any atom is -0.497 e. The van der Waals surface area contributed by atoms with Crippen molar-refractivity contribution in [1.29, 1.82) is 0 Å². The van der Waals surface area contributed by atoms with Crippen LogP contribution in [0.1, 0.15) is 47.8 Å². The standard InChI is InChI=1S/C30H36N4O8/c1-5-40-27(36)17-41-28-21(12-19(16-35)13-26(28)42-18(2)3)15-32-25-11-10-23(39-4)14-24(25)30(37)33-22-8-6-20(7-9-22)29(31)34-38/h6-14,18,32,35,38H,5,15-17H2,1-4H3,(H2,31,34)(H,33,37). The number of oxime groups is 1. The van der Waals surface area contributed by atoms with Gasteiger partial charge in [-0.05, 0) is 80.9 Å². The average Bonchev–Trinajstić information content (AvgIpc) is 2.98. The molecule has 0 heterocycles. The van der Waals surface area contributed by atoms with Crippen LogP contribution in [0, 0.1) is 0 Å². The van der Waals surface area contributed by atoms with Crippen molar-refractivity contribution in [3.05, 3.63) is 76.9 Å². The Hall–Kier alpha value is -4.97. The second-order valence-electron chi connectivity index (χ2n) is 9.28. The van der Waals surface area contributed by atoms with Crippen LogP contribution in [0.25, 0.3) is 0 Å². The molecule has 0 aliphatic heterocycles. The van der Waals surface area contributed by atoms with E-state index in [1.165, 1.54) is 7.11 Å². The lowest BCUT2D eigenvalue weighted by molar-refractivity contribution is -0.145. The van der Waals surface area contributed by atoms with Gasteiger partial charge in [-0.3, -0.25) is 4.79 Å². The fourth-order valence-electron chi connectivity index (χ4n) is 3.95. The highest BCUT2D eigenvalue weighted by Crippen LogP contribution is 2.35. The van der Waals surface area contributed by atoms with E-state index < -0.39 is 11.9 Å². The minimum atomic E-state index is -0.536. The van der Waals surface area contributed by atoms with Gasteiger partial charge in [0.25, 0.3) is 5.91 Å². The maximum Gasteiger partial charge on any atom is 0.344 e. The van der Waals surface area contributed by atoms with Gasteiger partial charge in [0, 0.05) is 29.0 Å². The number of aliphatic hydroxyl groups is 1. The highest BCUT2D eigenvalue weighted by atomic mass is 16.6. The molecule has 0 saturated heterocycles. The Morgan fingerprint density at radius 2 is 1.81 bits per heavy atom. The van der Waals surface area contributed by atoms with Gasteiger partial charge in [-0.15, -0.1) is 0 Å². The molecule has 0 spiro atoms. The number of nitrogens with one attached hydrogen (secondary N) is 2. The van der Waals surface area contributed by atoms with Crippen LogP contribution in [0.3, 0.4) is 0 Å². The summed E-state index contributed by atoms with van der Waals surface area (Å²) in [5.41, 5.74) is 8.54. The number of aliphatic hydroxyl groups excluding tert-OH is 1. The molecule has 3 rings (SSSR count). The number of hydrogen-bond donors (Lipinski definition) is 5. The number of anilines is 2. The van der Waals surface area contributed by atoms with Crippen molar-refractivity contribution in [1.82, 2.24) is 0 Å². The van der Waals surface area contributed by atoms with Crippen LogP contribution in [0.5, 0.6) is 17.2 Å². The summed E-state index contributed by atoms with van der Waals surface area (Å²) < 4.78 is 22.1. The number of amidine groups is 1. The van der Waals surface area contributed by atoms with E-state index >= 15 is 0 Å². The fourth-order valence-corrected chi connectivity index (χ4v) is 3.95. The maximum absolute atomic E-state index is 13.3. The van der Waals surface area contributed by atoms with Crippen LogP contribution in [-0.4, -0.2) is 54.5 Å². The van der Waals surface area contributed by atoms with E-state index in [1.54, 1.807) is 61.5 Å². The quantitative estimate of drug-likeness (QED) is 0.0619. The van der Waals surface area contributed by atoms with Crippen LogP contribution in [0.4, 0.5) is 11.4 Å². The van der Waals surface area contributed by atoms with Gasteiger partial charge in [-0.2, -0.15) is 0 Å². The number of hydrogen-bond acceptors (Lipinski definition) is 10. The second-order valence-corrected chi connectivity index (χ2v) is 9.28. The van der Waals surface area contributed by atoms with Crippen molar-refractivity contribution in [2.75, 3.05) is 31.0 Å². The summed E-state index contributed by atoms with van der Waals surface area (Å²) in [4.78, 5) is 25.4. The third-order valence-corrected chi connectivity index (χ3v) is 5.86. The fraction of sp³-hybridized carbons (Fsp3) is 0.300. The maximum atomic E-state index is 13.3. The molecule has 224 valence electrons. The van der Waals surface area contributed by atoms with E-state index in [1.807, 2.05) is 13.8 Å². The normalized spacial score (nSPS) is 11.1. The molecular formula is C30H36N4O8.